The number of hydrogen-bond acceptors (Lipinski definition) is 5. The van der Waals surface area contributed by atoms with Gasteiger partial charge >= 0.3 is 5.97 Å². The van der Waals surface area contributed by atoms with Crippen molar-refractivity contribution in [2.24, 2.45) is 0 Å². The van der Waals surface area contributed by atoms with Crippen molar-refractivity contribution in [3.8, 4) is 0 Å². The molecular weight excluding hydrogens is 296 g/mol. The zero-order chi connectivity index (χ0) is 15.4. The van der Waals surface area contributed by atoms with Gasteiger partial charge in [0.15, 0.2) is 0 Å². The minimum atomic E-state index is -0.570. The molecule has 0 aliphatic rings. The van der Waals surface area contributed by atoms with E-state index in [-0.39, 0.29) is 16.9 Å². The predicted molar refractivity (Wildman–Crippen MR) is 79.2 cm³/mol. The van der Waals surface area contributed by atoms with Crippen molar-refractivity contribution in [2.75, 3.05) is 12.4 Å². The molecule has 2 aromatic carbocycles. The van der Waals surface area contributed by atoms with Gasteiger partial charge in [0.25, 0.3) is 5.69 Å². The number of methoxy groups -OCH3 is 1. The molecule has 2 rings (SSSR count). The van der Waals surface area contributed by atoms with Gasteiger partial charge in [0.1, 0.15) is 5.69 Å². The van der Waals surface area contributed by atoms with E-state index in [1.807, 2.05) is 0 Å². The molecule has 0 aliphatic heterocycles. The Morgan fingerprint density at radius 3 is 2.67 bits per heavy atom. The lowest BCUT2D eigenvalue weighted by molar-refractivity contribution is -0.383. The average Bonchev–Trinajstić information content (AvgIpc) is 2.46. The molecule has 0 saturated carbocycles. The summed E-state index contributed by atoms with van der Waals surface area (Å²) >= 11 is 5.87. The van der Waals surface area contributed by atoms with Crippen molar-refractivity contribution in [3.63, 3.8) is 0 Å². The first kappa shape index (κ1) is 14.8. The molecule has 0 fully saturated rings. The number of nitro benzene ring substituents is 1. The molecule has 21 heavy (non-hydrogen) atoms. The van der Waals surface area contributed by atoms with E-state index < -0.39 is 10.9 Å². The lowest BCUT2D eigenvalue weighted by Gasteiger charge is -2.09. The second-order valence-corrected chi connectivity index (χ2v) is 4.55. The highest BCUT2D eigenvalue weighted by molar-refractivity contribution is 6.30. The molecule has 7 heteroatoms. The minimum Gasteiger partial charge on any atom is -0.465 e. The normalized spacial score (nSPS) is 10.0. The third-order valence-electron chi connectivity index (χ3n) is 2.72. The second kappa shape index (κ2) is 6.23. The molecular formula is C14H11ClN2O4. The van der Waals surface area contributed by atoms with Crippen molar-refractivity contribution >= 4 is 34.6 Å². The van der Waals surface area contributed by atoms with Gasteiger partial charge in [-0.15, -0.1) is 0 Å². The van der Waals surface area contributed by atoms with Gasteiger partial charge in [-0.25, -0.2) is 4.79 Å². The van der Waals surface area contributed by atoms with Crippen molar-refractivity contribution in [1.29, 1.82) is 0 Å². The summed E-state index contributed by atoms with van der Waals surface area (Å²) in [5.41, 5.74) is 0.827. The molecule has 0 bridgehead atoms. The van der Waals surface area contributed by atoms with E-state index in [0.29, 0.717) is 10.7 Å². The van der Waals surface area contributed by atoms with Crippen LogP contribution in [-0.4, -0.2) is 18.0 Å². The summed E-state index contributed by atoms with van der Waals surface area (Å²) in [5.74, 6) is -0.570. The molecule has 0 spiro atoms. The van der Waals surface area contributed by atoms with Crippen LogP contribution in [0.3, 0.4) is 0 Å². The summed E-state index contributed by atoms with van der Waals surface area (Å²) in [6.45, 7) is 0. The first-order valence-electron chi connectivity index (χ1n) is 5.90. The largest absolute Gasteiger partial charge is 0.465 e. The molecule has 0 unspecified atom stereocenters. The SMILES string of the molecule is COC(=O)c1ccc([N+](=O)[O-])c(Nc2cccc(Cl)c2)c1. The van der Waals surface area contributed by atoms with Gasteiger partial charge in [-0.2, -0.15) is 0 Å². The monoisotopic (exact) mass is 306 g/mol. The average molecular weight is 307 g/mol. The molecule has 1 N–H and O–H groups in total. The van der Waals surface area contributed by atoms with Gasteiger partial charge in [0.05, 0.1) is 17.6 Å². The second-order valence-electron chi connectivity index (χ2n) is 4.12. The Morgan fingerprint density at radius 1 is 1.29 bits per heavy atom. The standard InChI is InChI=1S/C14H11ClN2O4/c1-21-14(18)9-5-6-13(17(19)20)12(7-9)16-11-4-2-3-10(15)8-11/h2-8,16H,1H3. The highest BCUT2D eigenvalue weighted by atomic mass is 35.5. The quantitative estimate of drug-likeness (QED) is 0.528. The van der Waals surface area contributed by atoms with Gasteiger partial charge in [-0.3, -0.25) is 10.1 Å². The Hall–Kier alpha value is -2.60. The summed E-state index contributed by atoms with van der Waals surface area (Å²) in [7, 11) is 1.24. The third-order valence-corrected chi connectivity index (χ3v) is 2.95. The van der Waals surface area contributed by atoms with Crippen molar-refractivity contribution in [2.45, 2.75) is 0 Å². The fraction of sp³-hybridized carbons (Fsp3) is 0.0714. The number of benzene rings is 2. The highest BCUT2D eigenvalue weighted by Gasteiger charge is 2.17. The number of nitrogens with one attached hydrogen (secondary N) is 1. The summed E-state index contributed by atoms with van der Waals surface area (Å²) in [6.07, 6.45) is 0. The maximum Gasteiger partial charge on any atom is 0.337 e. The molecule has 0 saturated heterocycles. The molecule has 6 nitrogen and oxygen atoms in total. The van der Waals surface area contributed by atoms with Gasteiger partial charge < -0.3 is 10.1 Å². The molecule has 0 radical (unpaired) electrons. The van der Waals surface area contributed by atoms with E-state index in [1.54, 1.807) is 24.3 Å². The summed E-state index contributed by atoms with van der Waals surface area (Å²) in [5, 5.41) is 14.4. The Morgan fingerprint density at radius 2 is 2.05 bits per heavy atom. The van der Waals surface area contributed by atoms with Crippen LogP contribution >= 0.6 is 11.6 Å². The number of carbonyl (C=O) groups excluding carboxylic acids is 1. The van der Waals surface area contributed by atoms with Crippen molar-refractivity contribution < 1.29 is 14.5 Å². The number of rotatable bonds is 4. The van der Waals surface area contributed by atoms with Crippen LogP contribution in [0.4, 0.5) is 17.1 Å². The predicted octanol–water partition coefficient (Wildman–Crippen LogP) is 3.78. The van der Waals surface area contributed by atoms with E-state index in [4.69, 9.17) is 11.6 Å². The van der Waals surface area contributed by atoms with E-state index >= 15 is 0 Å². The maximum absolute atomic E-state index is 11.5. The molecule has 108 valence electrons. The van der Waals surface area contributed by atoms with Crippen LogP contribution in [0.1, 0.15) is 10.4 Å². The van der Waals surface area contributed by atoms with Crippen LogP contribution < -0.4 is 5.32 Å². The zero-order valence-corrected chi connectivity index (χ0v) is 11.8. The number of carbonyl (C=O) groups is 1. The number of halogens is 1. The number of hydrogen-bond donors (Lipinski definition) is 1. The summed E-state index contributed by atoms with van der Waals surface area (Å²) < 4.78 is 4.60. The molecule has 0 amide bonds. The number of anilines is 2. The summed E-state index contributed by atoms with van der Waals surface area (Å²) in [6, 6.07) is 10.7. The van der Waals surface area contributed by atoms with E-state index in [9.17, 15) is 14.9 Å². The number of ether oxygens (including phenoxy) is 1. The van der Waals surface area contributed by atoms with E-state index in [2.05, 4.69) is 10.1 Å². The first-order chi connectivity index (χ1) is 10.0. The van der Waals surface area contributed by atoms with Crippen LogP contribution in [-0.2, 0) is 4.74 Å². The van der Waals surface area contributed by atoms with E-state index in [1.165, 1.54) is 25.3 Å². The molecule has 0 aliphatic carbocycles. The Bertz CT molecular complexity index is 703. The summed E-state index contributed by atoms with van der Waals surface area (Å²) in [4.78, 5) is 22.0. The number of nitro groups is 1. The zero-order valence-electron chi connectivity index (χ0n) is 11.0. The molecule has 2 aromatic rings. The Balaban J connectivity index is 2.43. The topological polar surface area (TPSA) is 81.5 Å². The smallest absolute Gasteiger partial charge is 0.337 e. The minimum absolute atomic E-state index is 0.150. The first-order valence-corrected chi connectivity index (χ1v) is 6.28. The third kappa shape index (κ3) is 3.49. The van der Waals surface area contributed by atoms with Gasteiger partial charge in [0, 0.05) is 16.8 Å². The van der Waals surface area contributed by atoms with Crippen molar-refractivity contribution in [3.05, 3.63) is 63.2 Å². The lowest BCUT2D eigenvalue weighted by Crippen LogP contribution is -2.04. The van der Waals surface area contributed by atoms with Gasteiger partial charge in [0.2, 0.25) is 0 Å². The highest BCUT2D eigenvalue weighted by Crippen LogP contribution is 2.29. The number of esters is 1. The Kier molecular flexibility index (Phi) is 4.39. The molecule has 0 heterocycles. The van der Waals surface area contributed by atoms with Crippen LogP contribution in [0.2, 0.25) is 5.02 Å². The molecule has 0 aromatic heterocycles. The fourth-order valence-electron chi connectivity index (χ4n) is 1.76. The maximum atomic E-state index is 11.5. The molecule has 0 atom stereocenters. The Labute approximate surface area is 125 Å². The van der Waals surface area contributed by atoms with Crippen LogP contribution in [0.5, 0.6) is 0 Å². The van der Waals surface area contributed by atoms with Crippen LogP contribution in [0.15, 0.2) is 42.5 Å². The van der Waals surface area contributed by atoms with Crippen molar-refractivity contribution in [1.82, 2.24) is 0 Å². The van der Waals surface area contributed by atoms with Gasteiger partial charge in [-0.05, 0) is 30.3 Å². The van der Waals surface area contributed by atoms with Crippen LogP contribution in [0.25, 0.3) is 0 Å². The van der Waals surface area contributed by atoms with E-state index in [0.717, 1.165) is 0 Å². The van der Waals surface area contributed by atoms with Crippen LogP contribution in [0, 0.1) is 10.1 Å². The fourth-order valence-corrected chi connectivity index (χ4v) is 1.95. The number of nitrogens with zero attached hydrogens (tertiary/aromatic N) is 1. The van der Waals surface area contributed by atoms with Gasteiger partial charge in [-0.1, -0.05) is 17.7 Å². The lowest BCUT2D eigenvalue weighted by atomic mass is 10.1.